The van der Waals surface area contributed by atoms with Crippen LogP contribution in [0, 0.1) is 0 Å². The monoisotopic (exact) mass is 484 g/mol. The van der Waals surface area contributed by atoms with Gasteiger partial charge in [0.1, 0.15) is 6.54 Å². The lowest BCUT2D eigenvalue weighted by Crippen LogP contribution is -2.45. The van der Waals surface area contributed by atoms with Crippen molar-refractivity contribution in [3.05, 3.63) is 69.2 Å². The topological polar surface area (TPSA) is 50.7 Å². The van der Waals surface area contributed by atoms with Crippen LogP contribution in [0.15, 0.2) is 47.5 Å². The SMILES string of the molecule is O=C(NCC(F)(F)F)c1ccc(C2=NCC(c3cc(Cl)cc(Cl)c3)(C(F)(F)F)O2)cc1. The van der Waals surface area contributed by atoms with Gasteiger partial charge in [0, 0.05) is 26.7 Å². The maximum Gasteiger partial charge on any atom is 0.434 e. The molecule has 1 unspecified atom stereocenters. The van der Waals surface area contributed by atoms with E-state index in [9.17, 15) is 31.1 Å². The first-order valence-electron chi connectivity index (χ1n) is 8.53. The molecule has 0 fully saturated rings. The fourth-order valence-electron chi connectivity index (χ4n) is 2.86. The number of carbonyl (C=O) groups is 1. The Morgan fingerprint density at radius 1 is 1.03 bits per heavy atom. The Labute approximate surface area is 181 Å². The van der Waals surface area contributed by atoms with Gasteiger partial charge in [0.25, 0.3) is 5.91 Å². The highest BCUT2D eigenvalue weighted by Gasteiger charge is 2.61. The lowest BCUT2D eigenvalue weighted by atomic mass is 9.93. The third kappa shape index (κ3) is 5.07. The molecule has 0 bridgehead atoms. The molecular formula is C19H12Cl2F6N2O2. The third-order valence-corrected chi connectivity index (χ3v) is 4.78. The first-order valence-corrected chi connectivity index (χ1v) is 9.28. The average Bonchev–Trinajstić information content (AvgIpc) is 3.12. The van der Waals surface area contributed by atoms with E-state index in [-0.39, 0.29) is 32.6 Å². The predicted molar refractivity (Wildman–Crippen MR) is 102 cm³/mol. The summed E-state index contributed by atoms with van der Waals surface area (Å²) in [5.74, 6) is -1.34. The van der Waals surface area contributed by atoms with Gasteiger partial charge in [-0.25, -0.2) is 4.99 Å². The molecule has 0 radical (unpaired) electrons. The van der Waals surface area contributed by atoms with Gasteiger partial charge in [-0.3, -0.25) is 4.79 Å². The Balaban J connectivity index is 1.83. The van der Waals surface area contributed by atoms with E-state index >= 15 is 0 Å². The number of rotatable bonds is 4. The van der Waals surface area contributed by atoms with E-state index in [1.165, 1.54) is 18.2 Å². The van der Waals surface area contributed by atoms with Crippen LogP contribution in [0.4, 0.5) is 26.3 Å². The number of hydrogen-bond donors (Lipinski definition) is 1. The number of nitrogens with zero attached hydrogens (tertiary/aromatic N) is 1. The summed E-state index contributed by atoms with van der Waals surface area (Å²) in [6, 6.07) is 8.17. The number of hydrogen-bond acceptors (Lipinski definition) is 3. The second-order valence-corrected chi connectivity index (χ2v) is 7.45. The Morgan fingerprint density at radius 2 is 1.61 bits per heavy atom. The molecule has 31 heavy (non-hydrogen) atoms. The minimum Gasteiger partial charge on any atom is -0.454 e. The predicted octanol–water partition coefficient (Wildman–Crippen LogP) is 5.52. The quantitative estimate of drug-likeness (QED) is 0.581. The van der Waals surface area contributed by atoms with E-state index in [1.54, 1.807) is 5.32 Å². The van der Waals surface area contributed by atoms with Crippen LogP contribution >= 0.6 is 23.2 Å². The van der Waals surface area contributed by atoms with Crippen molar-refractivity contribution >= 4 is 35.0 Å². The third-order valence-electron chi connectivity index (χ3n) is 4.35. The minimum absolute atomic E-state index is 0.0163. The van der Waals surface area contributed by atoms with Crippen LogP contribution in [0.3, 0.4) is 0 Å². The van der Waals surface area contributed by atoms with Gasteiger partial charge in [0.15, 0.2) is 0 Å². The van der Waals surface area contributed by atoms with Crippen molar-refractivity contribution < 1.29 is 35.9 Å². The molecule has 3 rings (SSSR count). The van der Waals surface area contributed by atoms with Crippen molar-refractivity contribution in [2.24, 2.45) is 4.99 Å². The highest BCUT2D eigenvalue weighted by atomic mass is 35.5. The summed E-state index contributed by atoms with van der Waals surface area (Å²) in [5.41, 5.74) is -3.17. The summed E-state index contributed by atoms with van der Waals surface area (Å²) in [6.07, 6.45) is -9.45. The number of ether oxygens (including phenoxy) is 1. The first kappa shape index (κ1) is 23.2. The maximum absolute atomic E-state index is 14.0. The molecule has 1 atom stereocenters. The van der Waals surface area contributed by atoms with Crippen LogP contribution in [-0.2, 0) is 10.3 Å². The molecule has 0 aromatic heterocycles. The van der Waals surface area contributed by atoms with E-state index in [0.717, 1.165) is 24.3 Å². The number of benzene rings is 2. The van der Waals surface area contributed by atoms with Crippen LogP contribution in [0.1, 0.15) is 21.5 Å². The van der Waals surface area contributed by atoms with Crippen molar-refractivity contribution in [1.82, 2.24) is 5.32 Å². The van der Waals surface area contributed by atoms with Gasteiger partial charge in [0.2, 0.25) is 11.5 Å². The van der Waals surface area contributed by atoms with Gasteiger partial charge in [0.05, 0.1) is 6.54 Å². The molecule has 0 spiro atoms. The smallest absolute Gasteiger partial charge is 0.434 e. The molecule has 0 saturated heterocycles. The van der Waals surface area contributed by atoms with Crippen LogP contribution in [0.5, 0.6) is 0 Å². The fraction of sp³-hybridized carbons (Fsp3) is 0.263. The largest absolute Gasteiger partial charge is 0.454 e. The van der Waals surface area contributed by atoms with Crippen LogP contribution in [-0.4, -0.2) is 37.2 Å². The molecule has 1 N–H and O–H groups in total. The molecular weight excluding hydrogens is 473 g/mol. The summed E-state index contributed by atoms with van der Waals surface area (Å²) < 4.78 is 83.8. The fourth-order valence-corrected chi connectivity index (χ4v) is 3.38. The second-order valence-electron chi connectivity index (χ2n) is 6.58. The van der Waals surface area contributed by atoms with Crippen molar-refractivity contribution in [2.45, 2.75) is 18.0 Å². The van der Waals surface area contributed by atoms with Crippen molar-refractivity contribution in [1.29, 1.82) is 0 Å². The van der Waals surface area contributed by atoms with Crippen molar-refractivity contribution in [3.8, 4) is 0 Å². The van der Waals surface area contributed by atoms with E-state index in [1.807, 2.05) is 0 Å². The number of aliphatic imine (C=N–C) groups is 1. The molecule has 1 aliphatic heterocycles. The summed E-state index contributed by atoms with van der Waals surface area (Å²) >= 11 is 11.7. The van der Waals surface area contributed by atoms with Crippen molar-refractivity contribution in [2.75, 3.05) is 13.1 Å². The van der Waals surface area contributed by atoms with Gasteiger partial charge >= 0.3 is 12.4 Å². The normalized spacial score (nSPS) is 19.0. The standard InChI is InChI=1S/C19H12Cl2F6N2O2/c20-13-5-12(6-14(21)7-13)17(19(25,26)27)8-29-16(31-17)11-3-1-10(2-4-11)15(30)28-9-18(22,23)24/h1-7H,8-9H2,(H,28,30). The van der Waals surface area contributed by atoms with Gasteiger partial charge in [-0.05, 0) is 42.5 Å². The van der Waals surface area contributed by atoms with Gasteiger partial charge in [-0.2, -0.15) is 26.3 Å². The minimum atomic E-state index is -4.87. The molecule has 1 amide bonds. The molecule has 4 nitrogen and oxygen atoms in total. The zero-order chi connectivity index (χ0) is 23.0. The maximum atomic E-state index is 14.0. The van der Waals surface area contributed by atoms with E-state index in [4.69, 9.17) is 27.9 Å². The van der Waals surface area contributed by atoms with Gasteiger partial charge in [-0.1, -0.05) is 23.2 Å². The van der Waals surface area contributed by atoms with Gasteiger partial charge in [-0.15, -0.1) is 0 Å². The Hall–Kier alpha value is -2.46. The zero-order valence-electron chi connectivity index (χ0n) is 15.2. The number of alkyl halides is 6. The summed E-state index contributed by atoms with van der Waals surface area (Å²) in [7, 11) is 0. The number of carbonyl (C=O) groups excluding carboxylic acids is 1. The molecule has 2 aromatic carbocycles. The van der Waals surface area contributed by atoms with Crippen molar-refractivity contribution in [3.63, 3.8) is 0 Å². The van der Waals surface area contributed by atoms with Crippen LogP contribution in [0.2, 0.25) is 10.0 Å². The number of amides is 1. The molecule has 12 heteroatoms. The molecule has 0 saturated carbocycles. The average molecular weight is 485 g/mol. The Kier molecular flexibility index (Phi) is 6.16. The lowest BCUT2D eigenvalue weighted by molar-refractivity contribution is -0.249. The zero-order valence-corrected chi connectivity index (χ0v) is 16.8. The first-order chi connectivity index (χ1) is 14.3. The second kappa shape index (κ2) is 8.23. The highest BCUT2D eigenvalue weighted by Crippen LogP contribution is 2.47. The van der Waals surface area contributed by atoms with E-state index in [0.29, 0.717) is 0 Å². The van der Waals surface area contributed by atoms with Crippen LogP contribution in [0.25, 0.3) is 0 Å². The Morgan fingerprint density at radius 3 is 2.13 bits per heavy atom. The molecule has 1 aliphatic rings. The highest BCUT2D eigenvalue weighted by molar-refractivity contribution is 6.34. The van der Waals surface area contributed by atoms with E-state index in [2.05, 4.69) is 4.99 Å². The number of halogens is 8. The molecule has 0 aliphatic carbocycles. The van der Waals surface area contributed by atoms with Gasteiger partial charge < -0.3 is 10.1 Å². The number of nitrogens with one attached hydrogen (secondary N) is 1. The Bertz CT molecular complexity index is 1000. The van der Waals surface area contributed by atoms with Crippen LogP contribution < -0.4 is 5.32 Å². The molecule has 1 heterocycles. The lowest BCUT2D eigenvalue weighted by Gasteiger charge is -2.31. The summed E-state index contributed by atoms with van der Waals surface area (Å²) in [5, 5.41) is 1.66. The molecule has 2 aromatic rings. The molecule has 166 valence electrons. The van der Waals surface area contributed by atoms with E-state index < -0.39 is 37.0 Å². The summed E-state index contributed by atoms with van der Waals surface area (Å²) in [4.78, 5) is 15.6. The summed E-state index contributed by atoms with van der Waals surface area (Å²) in [6.45, 7) is -2.31.